The summed E-state index contributed by atoms with van der Waals surface area (Å²) in [6, 6.07) is 7.96. The third-order valence-electron chi connectivity index (χ3n) is 2.44. The van der Waals surface area contributed by atoms with Gasteiger partial charge in [-0.1, -0.05) is 23.3 Å². The zero-order valence-electron chi connectivity index (χ0n) is 8.51. The zero-order chi connectivity index (χ0) is 11.4. The van der Waals surface area contributed by atoms with Crippen molar-refractivity contribution in [1.82, 2.24) is 0 Å². The SMILES string of the molecule is [N-]=[N+]=NC(CCCl)c1csc2ccccc12. The van der Waals surface area contributed by atoms with Crippen molar-refractivity contribution in [3.8, 4) is 0 Å². The van der Waals surface area contributed by atoms with Crippen LogP contribution in [-0.2, 0) is 0 Å². The monoisotopic (exact) mass is 251 g/mol. The van der Waals surface area contributed by atoms with Gasteiger partial charge in [0.15, 0.2) is 0 Å². The number of hydrogen-bond acceptors (Lipinski definition) is 2. The number of alkyl halides is 1. The summed E-state index contributed by atoms with van der Waals surface area (Å²) < 4.78 is 1.21. The first-order chi connectivity index (χ1) is 7.86. The third-order valence-corrected chi connectivity index (χ3v) is 3.64. The van der Waals surface area contributed by atoms with Gasteiger partial charge in [0.05, 0.1) is 6.04 Å². The normalized spacial score (nSPS) is 12.3. The first-order valence-corrected chi connectivity index (χ1v) is 6.34. The molecule has 0 fully saturated rings. The molecule has 0 radical (unpaired) electrons. The number of hydrogen-bond donors (Lipinski definition) is 0. The Morgan fingerprint density at radius 3 is 3.00 bits per heavy atom. The molecule has 0 saturated carbocycles. The van der Waals surface area contributed by atoms with Gasteiger partial charge in [0, 0.05) is 15.5 Å². The number of thiophene rings is 1. The Bertz CT molecular complexity index is 531. The summed E-state index contributed by atoms with van der Waals surface area (Å²) >= 11 is 7.39. The lowest BCUT2D eigenvalue weighted by molar-refractivity contribution is 0.704. The van der Waals surface area contributed by atoms with E-state index in [0.717, 1.165) is 10.9 Å². The molecule has 0 amide bonds. The average molecular weight is 252 g/mol. The molecule has 0 aliphatic heterocycles. The Kier molecular flexibility index (Phi) is 3.67. The molecule has 1 aromatic carbocycles. The lowest BCUT2D eigenvalue weighted by Gasteiger charge is -2.07. The molecular weight excluding hydrogens is 242 g/mol. The molecular formula is C11H10ClN3S. The maximum atomic E-state index is 8.55. The highest BCUT2D eigenvalue weighted by atomic mass is 35.5. The van der Waals surface area contributed by atoms with Gasteiger partial charge in [-0.05, 0) is 34.3 Å². The molecule has 0 saturated heterocycles. The lowest BCUT2D eigenvalue weighted by Crippen LogP contribution is -1.94. The van der Waals surface area contributed by atoms with Crippen molar-refractivity contribution >= 4 is 33.0 Å². The van der Waals surface area contributed by atoms with Crippen LogP contribution in [0, 0.1) is 0 Å². The first-order valence-electron chi connectivity index (χ1n) is 4.93. The van der Waals surface area contributed by atoms with Gasteiger partial charge in [-0.2, -0.15) is 0 Å². The van der Waals surface area contributed by atoms with E-state index in [9.17, 15) is 0 Å². The minimum Gasteiger partial charge on any atom is -0.144 e. The molecule has 1 aromatic heterocycles. The third kappa shape index (κ3) is 2.14. The van der Waals surface area contributed by atoms with E-state index in [1.807, 2.05) is 12.1 Å². The van der Waals surface area contributed by atoms with E-state index >= 15 is 0 Å². The predicted octanol–water partition coefficient (Wildman–Crippen LogP) is 4.88. The van der Waals surface area contributed by atoms with Crippen LogP contribution in [-0.4, -0.2) is 5.88 Å². The molecule has 1 atom stereocenters. The standard InChI is InChI=1S/C11H10ClN3S/c12-6-5-10(14-15-13)9-7-16-11-4-2-1-3-8(9)11/h1-4,7,10H,5-6H2. The van der Waals surface area contributed by atoms with E-state index in [0.29, 0.717) is 12.3 Å². The molecule has 2 rings (SSSR count). The van der Waals surface area contributed by atoms with Gasteiger partial charge in [-0.3, -0.25) is 0 Å². The van der Waals surface area contributed by atoms with E-state index in [2.05, 4.69) is 27.5 Å². The number of nitrogens with zero attached hydrogens (tertiary/aromatic N) is 3. The molecule has 2 aromatic rings. The highest BCUT2D eigenvalue weighted by Gasteiger charge is 2.13. The van der Waals surface area contributed by atoms with Gasteiger partial charge >= 0.3 is 0 Å². The average Bonchev–Trinajstić information content (AvgIpc) is 2.72. The fourth-order valence-corrected chi connectivity index (χ4v) is 2.91. The Morgan fingerprint density at radius 2 is 2.25 bits per heavy atom. The van der Waals surface area contributed by atoms with Crippen LogP contribution in [0.3, 0.4) is 0 Å². The van der Waals surface area contributed by atoms with Crippen molar-refractivity contribution in [2.45, 2.75) is 12.5 Å². The van der Waals surface area contributed by atoms with Crippen molar-refractivity contribution in [3.05, 3.63) is 45.7 Å². The summed E-state index contributed by atoms with van der Waals surface area (Å²) in [6.07, 6.45) is 0.673. The second kappa shape index (κ2) is 5.21. The van der Waals surface area contributed by atoms with Crippen LogP contribution in [0.4, 0.5) is 0 Å². The molecule has 0 spiro atoms. The topological polar surface area (TPSA) is 48.8 Å². The molecule has 0 N–H and O–H groups in total. The maximum Gasteiger partial charge on any atom is 0.0650 e. The van der Waals surface area contributed by atoms with Crippen LogP contribution in [0.25, 0.3) is 20.5 Å². The first kappa shape index (κ1) is 11.3. The Balaban J connectivity index is 2.47. The molecule has 3 nitrogen and oxygen atoms in total. The predicted molar refractivity (Wildman–Crippen MR) is 69.0 cm³/mol. The number of rotatable bonds is 4. The van der Waals surface area contributed by atoms with Crippen LogP contribution in [0.5, 0.6) is 0 Å². The van der Waals surface area contributed by atoms with Crippen molar-refractivity contribution in [2.75, 3.05) is 5.88 Å². The highest BCUT2D eigenvalue weighted by molar-refractivity contribution is 7.17. The number of azide groups is 1. The minimum atomic E-state index is -0.154. The van der Waals surface area contributed by atoms with Crippen LogP contribution in [0.2, 0.25) is 0 Å². The second-order valence-corrected chi connectivity index (χ2v) is 4.67. The smallest absolute Gasteiger partial charge is 0.0650 e. The maximum absolute atomic E-state index is 8.55. The molecule has 82 valence electrons. The van der Waals surface area contributed by atoms with E-state index in [4.69, 9.17) is 17.1 Å². The Morgan fingerprint density at radius 1 is 1.44 bits per heavy atom. The van der Waals surface area contributed by atoms with Gasteiger partial charge in [-0.25, -0.2) is 0 Å². The van der Waals surface area contributed by atoms with Gasteiger partial charge in [-0.15, -0.1) is 22.9 Å². The quantitative estimate of drug-likeness (QED) is 0.322. The van der Waals surface area contributed by atoms with Gasteiger partial charge in [0.2, 0.25) is 0 Å². The Hall–Kier alpha value is -1.22. The Labute approximate surface area is 102 Å². The summed E-state index contributed by atoms with van der Waals surface area (Å²) in [5, 5.41) is 7.02. The molecule has 0 aliphatic rings. The molecule has 16 heavy (non-hydrogen) atoms. The van der Waals surface area contributed by atoms with Crippen molar-refractivity contribution < 1.29 is 0 Å². The number of benzene rings is 1. The van der Waals surface area contributed by atoms with Gasteiger partial charge < -0.3 is 0 Å². The van der Waals surface area contributed by atoms with Crippen molar-refractivity contribution in [2.24, 2.45) is 5.11 Å². The molecule has 0 bridgehead atoms. The highest BCUT2D eigenvalue weighted by Crippen LogP contribution is 2.33. The lowest BCUT2D eigenvalue weighted by atomic mass is 10.0. The van der Waals surface area contributed by atoms with Crippen molar-refractivity contribution in [3.63, 3.8) is 0 Å². The minimum absolute atomic E-state index is 0.154. The summed E-state index contributed by atoms with van der Waals surface area (Å²) in [6.45, 7) is 0. The van der Waals surface area contributed by atoms with E-state index in [1.165, 1.54) is 4.70 Å². The fourth-order valence-electron chi connectivity index (χ4n) is 1.70. The van der Waals surface area contributed by atoms with Gasteiger partial charge in [0.25, 0.3) is 0 Å². The number of halogens is 1. The largest absolute Gasteiger partial charge is 0.144 e. The van der Waals surface area contributed by atoms with Crippen LogP contribution < -0.4 is 0 Å². The molecule has 5 heteroatoms. The summed E-state index contributed by atoms with van der Waals surface area (Å²) in [7, 11) is 0. The molecule has 1 unspecified atom stereocenters. The van der Waals surface area contributed by atoms with Crippen LogP contribution in [0.15, 0.2) is 34.8 Å². The van der Waals surface area contributed by atoms with Crippen molar-refractivity contribution in [1.29, 1.82) is 0 Å². The van der Waals surface area contributed by atoms with E-state index in [-0.39, 0.29) is 6.04 Å². The second-order valence-electron chi connectivity index (χ2n) is 3.39. The molecule has 0 aliphatic carbocycles. The van der Waals surface area contributed by atoms with E-state index in [1.54, 1.807) is 11.3 Å². The van der Waals surface area contributed by atoms with Crippen LogP contribution in [0.1, 0.15) is 18.0 Å². The molecule has 1 heterocycles. The number of fused-ring (bicyclic) bond motifs is 1. The summed E-state index contributed by atoms with van der Waals surface area (Å²) in [5.74, 6) is 0.494. The fraction of sp³-hybridized carbons (Fsp3) is 0.273. The zero-order valence-corrected chi connectivity index (χ0v) is 10.1. The van der Waals surface area contributed by atoms with Gasteiger partial charge in [0.1, 0.15) is 0 Å². The summed E-state index contributed by atoms with van der Waals surface area (Å²) in [5.41, 5.74) is 9.64. The van der Waals surface area contributed by atoms with E-state index < -0.39 is 0 Å². The summed E-state index contributed by atoms with van der Waals surface area (Å²) in [4.78, 5) is 2.89. The van der Waals surface area contributed by atoms with Crippen LogP contribution >= 0.6 is 22.9 Å².